The number of aromatic nitrogens is 1. The standard InChI is InChI=1S/C15H16N2O4S/c1-9-10(2)22-15(20)17(9)8-13(18)16-12-6-4-11(5-7-12)14(19)21-3/h4-7H,8H2,1-3H3,(H,16,18). The van der Waals surface area contributed by atoms with Gasteiger partial charge in [-0.05, 0) is 38.1 Å². The minimum Gasteiger partial charge on any atom is -0.465 e. The number of benzene rings is 1. The molecular formula is C15H16N2O4S. The molecule has 0 bridgehead atoms. The minimum atomic E-state index is -0.436. The van der Waals surface area contributed by atoms with E-state index in [9.17, 15) is 14.4 Å². The van der Waals surface area contributed by atoms with Gasteiger partial charge in [0.25, 0.3) is 0 Å². The predicted molar refractivity (Wildman–Crippen MR) is 84.5 cm³/mol. The molecule has 1 amide bonds. The van der Waals surface area contributed by atoms with Gasteiger partial charge in [0.15, 0.2) is 0 Å². The Kier molecular flexibility index (Phi) is 4.77. The van der Waals surface area contributed by atoms with Crippen molar-refractivity contribution in [1.82, 2.24) is 4.57 Å². The van der Waals surface area contributed by atoms with E-state index in [2.05, 4.69) is 10.1 Å². The maximum atomic E-state index is 12.0. The van der Waals surface area contributed by atoms with E-state index in [-0.39, 0.29) is 17.3 Å². The highest BCUT2D eigenvalue weighted by molar-refractivity contribution is 7.09. The number of methoxy groups -OCH3 is 1. The first-order chi connectivity index (χ1) is 10.4. The zero-order valence-corrected chi connectivity index (χ0v) is 13.3. The third-order valence-electron chi connectivity index (χ3n) is 3.27. The van der Waals surface area contributed by atoms with E-state index in [1.54, 1.807) is 24.3 Å². The van der Waals surface area contributed by atoms with Crippen LogP contribution in [0.4, 0.5) is 5.69 Å². The molecule has 0 spiro atoms. The Morgan fingerprint density at radius 2 is 1.86 bits per heavy atom. The van der Waals surface area contributed by atoms with Crippen LogP contribution < -0.4 is 10.2 Å². The molecule has 1 aromatic carbocycles. The maximum absolute atomic E-state index is 12.0. The average molecular weight is 320 g/mol. The molecule has 7 heteroatoms. The number of esters is 1. The summed E-state index contributed by atoms with van der Waals surface area (Å²) in [6, 6.07) is 6.35. The number of carbonyl (C=O) groups is 2. The molecule has 1 heterocycles. The van der Waals surface area contributed by atoms with Gasteiger partial charge in [-0.25, -0.2) is 4.79 Å². The quantitative estimate of drug-likeness (QED) is 0.874. The normalized spacial score (nSPS) is 10.3. The van der Waals surface area contributed by atoms with E-state index < -0.39 is 5.97 Å². The number of ether oxygens (including phenoxy) is 1. The molecule has 0 saturated heterocycles. The zero-order chi connectivity index (χ0) is 16.3. The van der Waals surface area contributed by atoms with Crippen molar-refractivity contribution in [3.8, 4) is 0 Å². The highest BCUT2D eigenvalue weighted by atomic mass is 32.1. The summed E-state index contributed by atoms with van der Waals surface area (Å²) >= 11 is 1.13. The summed E-state index contributed by atoms with van der Waals surface area (Å²) in [5.74, 6) is -0.734. The van der Waals surface area contributed by atoms with Gasteiger partial charge >= 0.3 is 10.8 Å². The van der Waals surface area contributed by atoms with Crippen LogP contribution in [-0.4, -0.2) is 23.6 Å². The molecule has 1 N–H and O–H groups in total. The fourth-order valence-corrected chi connectivity index (χ4v) is 2.75. The Balaban J connectivity index is 2.06. The zero-order valence-electron chi connectivity index (χ0n) is 12.5. The van der Waals surface area contributed by atoms with Crippen molar-refractivity contribution in [2.24, 2.45) is 0 Å². The number of hydrogen-bond donors (Lipinski definition) is 1. The number of nitrogens with one attached hydrogen (secondary N) is 1. The number of rotatable bonds is 4. The van der Waals surface area contributed by atoms with Crippen LogP contribution in [0.2, 0.25) is 0 Å². The summed E-state index contributed by atoms with van der Waals surface area (Å²) in [4.78, 5) is 35.8. The SMILES string of the molecule is COC(=O)c1ccc(NC(=O)Cn2c(C)c(C)sc2=O)cc1. The van der Waals surface area contributed by atoms with Crippen molar-refractivity contribution in [2.75, 3.05) is 12.4 Å². The number of amides is 1. The van der Waals surface area contributed by atoms with Crippen molar-refractivity contribution >= 4 is 28.9 Å². The Labute approximate surface area is 131 Å². The molecular weight excluding hydrogens is 304 g/mol. The third-order valence-corrected chi connectivity index (χ3v) is 4.26. The first-order valence-electron chi connectivity index (χ1n) is 6.57. The van der Waals surface area contributed by atoms with E-state index >= 15 is 0 Å². The van der Waals surface area contributed by atoms with Gasteiger partial charge in [0.05, 0.1) is 12.7 Å². The van der Waals surface area contributed by atoms with Crippen LogP contribution in [0.15, 0.2) is 29.1 Å². The van der Waals surface area contributed by atoms with Crippen molar-refractivity contribution in [3.63, 3.8) is 0 Å². The molecule has 0 fully saturated rings. The molecule has 22 heavy (non-hydrogen) atoms. The van der Waals surface area contributed by atoms with E-state index in [0.29, 0.717) is 11.3 Å². The predicted octanol–water partition coefficient (Wildman–Crippen LogP) is 1.95. The second-order valence-corrected chi connectivity index (χ2v) is 5.88. The molecule has 1 aromatic heterocycles. The molecule has 0 radical (unpaired) electrons. The molecule has 0 saturated carbocycles. The van der Waals surface area contributed by atoms with Crippen LogP contribution in [-0.2, 0) is 16.1 Å². The molecule has 0 aliphatic rings. The highest BCUT2D eigenvalue weighted by Crippen LogP contribution is 2.12. The average Bonchev–Trinajstić information content (AvgIpc) is 2.73. The number of hydrogen-bond acceptors (Lipinski definition) is 5. The summed E-state index contributed by atoms with van der Waals surface area (Å²) in [6.45, 7) is 3.63. The van der Waals surface area contributed by atoms with Gasteiger partial charge in [0.1, 0.15) is 6.54 Å². The smallest absolute Gasteiger partial charge is 0.337 e. The lowest BCUT2D eigenvalue weighted by Crippen LogP contribution is -2.25. The van der Waals surface area contributed by atoms with Crippen LogP contribution in [0.3, 0.4) is 0 Å². The largest absolute Gasteiger partial charge is 0.465 e. The summed E-state index contributed by atoms with van der Waals surface area (Å²) in [7, 11) is 1.31. The lowest BCUT2D eigenvalue weighted by Gasteiger charge is -2.07. The van der Waals surface area contributed by atoms with Crippen molar-refractivity contribution < 1.29 is 14.3 Å². The summed E-state index contributed by atoms with van der Waals surface area (Å²) in [5.41, 5.74) is 1.75. The Bertz CT molecular complexity index is 759. The van der Waals surface area contributed by atoms with Gasteiger partial charge in [-0.15, -0.1) is 0 Å². The molecule has 116 valence electrons. The lowest BCUT2D eigenvalue weighted by atomic mass is 10.2. The maximum Gasteiger partial charge on any atom is 0.337 e. The van der Waals surface area contributed by atoms with Gasteiger partial charge in [-0.1, -0.05) is 11.3 Å². The summed E-state index contributed by atoms with van der Waals surface area (Å²) < 4.78 is 6.04. The van der Waals surface area contributed by atoms with Crippen molar-refractivity contribution in [1.29, 1.82) is 0 Å². The molecule has 6 nitrogen and oxygen atoms in total. The fourth-order valence-electron chi connectivity index (χ4n) is 1.92. The van der Waals surface area contributed by atoms with E-state index in [0.717, 1.165) is 21.9 Å². The number of thiazole rings is 1. The molecule has 2 rings (SSSR count). The van der Waals surface area contributed by atoms with Crippen molar-refractivity contribution in [3.05, 3.63) is 50.1 Å². The van der Waals surface area contributed by atoms with Crippen molar-refractivity contribution in [2.45, 2.75) is 20.4 Å². The van der Waals surface area contributed by atoms with Gasteiger partial charge in [0.2, 0.25) is 5.91 Å². The molecule has 0 atom stereocenters. The van der Waals surface area contributed by atoms with E-state index in [1.807, 2.05) is 13.8 Å². The van der Waals surface area contributed by atoms with Gasteiger partial charge < -0.3 is 10.1 Å². The fraction of sp³-hybridized carbons (Fsp3) is 0.267. The second-order valence-electron chi connectivity index (χ2n) is 4.71. The molecule has 0 aliphatic heterocycles. The Morgan fingerprint density at radius 1 is 1.23 bits per heavy atom. The minimum absolute atomic E-state index is 0.0340. The third kappa shape index (κ3) is 3.43. The van der Waals surface area contributed by atoms with Crippen LogP contribution in [0, 0.1) is 13.8 Å². The Hall–Kier alpha value is -2.41. The number of anilines is 1. The topological polar surface area (TPSA) is 77.4 Å². The van der Waals surface area contributed by atoms with Gasteiger partial charge in [0, 0.05) is 16.3 Å². The van der Waals surface area contributed by atoms with E-state index in [1.165, 1.54) is 11.7 Å². The Morgan fingerprint density at radius 3 is 2.36 bits per heavy atom. The lowest BCUT2D eigenvalue weighted by molar-refractivity contribution is -0.116. The molecule has 2 aromatic rings. The van der Waals surface area contributed by atoms with Crippen LogP contribution in [0.25, 0.3) is 0 Å². The monoisotopic (exact) mass is 320 g/mol. The van der Waals surface area contributed by atoms with Gasteiger partial charge in [-0.3, -0.25) is 14.2 Å². The van der Waals surface area contributed by atoms with Crippen LogP contribution in [0.1, 0.15) is 20.9 Å². The van der Waals surface area contributed by atoms with Gasteiger partial charge in [-0.2, -0.15) is 0 Å². The summed E-state index contributed by atoms with van der Waals surface area (Å²) in [5, 5.41) is 2.69. The van der Waals surface area contributed by atoms with E-state index in [4.69, 9.17) is 0 Å². The second kappa shape index (κ2) is 6.57. The molecule has 0 aliphatic carbocycles. The van der Waals surface area contributed by atoms with Crippen LogP contribution >= 0.6 is 11.3 Å². The van der Waals surface area contributed by atoms with Crippen LogP contribution in [0.5, 0.6) is 0 Å². The summed E-state index contributed by atoms with van der Waals surface area (Å²) in [6.07, 6.45) is 0. The highest BCUT2D eigenvalue weighted by Gasteiger charge is 2.12. The number of carbonyl (C=O) groups excluding carboxylic acids is 2. The number of aryl methyl sites for hydroxylation is 1. The first kappa shape index (κ1) is 16.0. The molecule has 0 unspecified atom stereocenters. The number of nitrogens with zero attached hydrogens (tertiary/aromatic N) is 1. The first-order valence-corrected chi connectivity index (χ1v) is 7.39.